The van der Waals surface area contributed by atoms with E-state index in [0.717, 1.165) is 19.4 Å². The van der Waals surface area contributed by atoms with E-state index in [1.807, 2.05) is 0 Å². The molecule has 1 atom stereocenters. The molecule has 0 aliphatic carbocycles. The van der Waals surface area contributed by atoms with Gasteiger partial charge in [-0.05, 0) is 25.0 Å². The first-order valence-corrected chi connectivity index (χ1v) is 5.73. The van der Waals surface area contributed by atoms with Crippen molar-refractivity contribution in [2.24, 2.45) is 5.73 Å². The Morgan fingerprint density at radius 3 is 3.19 bits per heavy atom. The lowest BCUT2D eigenvalue weighted by molar-refractivity contribution is 0.0741. The molecule has 16 heavy (non-hydrogen) atoms. The Morgan fingerprint density at radius 1 is 1.69 bits per heavy atom. The van der Waals surface area contributed by atoms with Crippen LogP contribution in [0.3, 0.4) is 0 Å². The predicted octanol–water partition coefficient (Wildman–Crippen LogP) is 1.30. The molecule has 2 N–H and O–H groups in total. The van der Waals surface area contributed by atoms with E-state index in [1.54, 1.807) is 23.2 Å². The van der Waals surface area contributed by atoms with E-state index in [1.165, 1.54) is 0 Å². The third-order valence-corrected chi connectivity index (χ3v) is 3.20. The van der Waals surface area contributed by atoms with Crippen LogP contribution in [0.5, 0.6) is 0 Å². The van der Waals surface area contributed by atoms with Gasteiger partial charge in [-0.2, -0.15) is 0 Å². The van der Waals surface area contributed by atoms with Crippen LogP contribution >= 0.6 is 11.6 Å². The van der Waals surface area contributed by atoms with Crippen LogP contribution in [0, 0.1) is 0 Å². The Bertz CT molecular complexity index is 397. The number of nitrogens with two attached hydrogens (primary N) is 1. The molecule has 0 saturated carbocycles. The van der Waals surface area contributed by atoms with Crippen molar-refractivity contribution in [3.8, 4) is 0 Å². The van der Waals surface area contributed by atoms with Crippen LogP contribution in [0.25, 0.3) is 0 Å². The first-order valence-electron chi connectivity index (χ1n) is 5.35. The van der Waals surface area contributed by atoms with Crippen LogP contribution in [0.1, 0.15) is 23.2 Å². The molecule has 1 amide bonds. The summed E-state index contributed by atoms with van der Waals surface area (Å²) < 4.78 is 0. The van der Waals surface area contributed by atoms with Gasteiger partial charge in [0.2, 0.25) is 0 Å². The van der Waals surface area contributed by atoms with Crippen LogP contribution in [0.2, 0.25) is 5.15 Å². The highest BCUT2D eigenvalue weighted by molar-refractivity contribution is 6.32. The van der Waals surface area contributed by atoms with Gasteiger partial charge < -0.3 is 10.6 Å². The van der Waals surface area contributed by atoms with Crippen molar-refractivity contribution in [1.29, 1.82) is 0 Å². The maximum absolute atomic E-state index is 12.2. The van der Waals surface area contributed by atoms with E-state index >= 15 is 0 Å². The molecule has 0 spiro atoms. The molecule has 86 valence electrons. The lowest BCUT2D eigenvalue weighted by Crippen LogP contribution is -2.40. The van der Waals surface area contributed by atoms with E-state index in [9.17, 15) is 4.79 Å². The normalized spacial score (nSPS) is 20.1. The fourth-order valence-corrected chi connectivity index (χ4v) is 2.25. The van der Waals surface area contributed by atoms with Gasteiger partial charge >= 0.3 is 0 Å². The molecule has 1 saturated heterocycles. The molecule has 1 aliphatic heterocycles. The molecule has 5 heteroatoms. The van der Waals surface area contributed by atoms with Gasteiger partial charge in [-0.25, -0.2) is 4.98 Å². The minimum Gasteiger partial charge on any atom is -0.334 e. The number of rotatable bonds is 2. The quantitative estimate of drug-likeness (QED) is 0.792. The number of aromatic nitrogens is 1. The lowest BCUT2D eigenvalue weighted by Gasteiger charge is -2.23. The van der Waals surface area contributed by atoms with Gasteiger partial charge in [-0.1, -0.05) is 11.6 Å². The van der Waals surface area contributed by atoms with Crippen LogP contribution in [-0.4, -0.2) is 34.9 Å². The summed E-state index contributed by atoms with van der Waals surface area (Å²) >= 11 is 5.90. The first-order chi connectivity index (χ1) is 7.74. The SMILES string of the molecule is NC[C@H]1CCCN1C(=O)c1cccnc1Cl. The summed E-state index contributed by atoms with van der Waals surface area (Å²) in [6, 6.07) is 3.56. The van der Waals surface area contributed by atoms with Crippen molar-refractivity contribution in [2.75, 3.05) is 13.1 Å². The van der Waals surface area contributed by atoms with Gasteiger partial charge in [0, 0.05) is 25.3 Å². The lowest BCUT2D eigenvalue weighted by atomic mass is 10.2. The highest BCUT2D eigenvalue weighted by Gasteiger charge is 2.29. The maximum Gasteiger partial charge on any atom is 0.257 e. The topological polar surface area (TPSA) is 59.2 Å². The molecule has 4 nitrogen and oxygen atoms in total. The molecule has 0 bridgehead atoms. The zero-order valence-corrected chi connectivity index (χ0v) is 9.65. The van der Waals surface area contributed by atoms with E-state index in [2.05, 4.69) is 4.98 Å². The molecule has 1 aromatic rings. The Kier molecular flexibility index (Phi) is 3.41. The Balaban J connectivity index is 2.22. The van der Waals surface area contributed by atoms with Gasteiger partial charge in [0.05, 0.1) is 5.56 Å². The third kappa shape index (κ3) is 2.03. The van der Waals surface area contributed by atoms with Crippen molar-refractivity contribution < 1.29 is 4.79 Å². The number of likely N-dealkylation sites (tertiary alicyclic amines) is 1. The monoisotopic (exact) mass is 239 g/mol. The first kappa shape index (κ1) is 11.4. The third-order valence-electron chi connectivity index (χ3n) is 2.90. The van der Waals surface area contributed by atoms with E-state index in [0.29, 0.717) is 12.1 Å². The van der Waals surface area contributed by atoms with E-state index in [4.69, 9.17) is 17.3 Å². The molecule has 0 unspecified atom stereocenters. The predicted molar refractivity (Wildman–Crippen MR) is 62.4 cm³/mol. The molecule has 1 aliphatic rings. The number of halogens is 1. The number of carbonyl (C=O) groups excluding carboxylic acids is 1. The minimum absolute atomic E-state index is 0.0638. The van der Waals surface area contributed by atoms with E-state index < -0.39 is 0 Å². The molecule has 2 rings (SSSR count). The Labute approximate surface area is 99.4 Å². The summed E-state index contributed by atoms with van der Waals surface area (Å²) in [5.74, 6) is -0.0638. The molecule has 0 radical (unpaired) electrons. The largest absolute Gasteiger partial charge is 0.334 e. The van der Waals surface area contributed by atoms with Crippen molar-refractivity contribution in [3.63, 3.8) is 0 Å². The Hall–Kier alpha value is -1.13. The molecule has 1 aromatic heterocycles. The second-order valence-electron chi connectivity index (χ2n) is 3.87. The number of amides is 1. The highest BCUT2D eigenvalue weighted by Crippen LogP contribution is 2.21. The van der Waals surface area contributed by atoms with Gasteiger partial charge in [0.25, 0.3) is 5.91 Å². The van der Waals surface area contributed by atoms with Gasteiger partial charge in [0.1, 0.15) is 5.15 Å². The average molecular weight is 240 g/mol. The van der Waals surface area contributed by atoms with Crippen LogP contribution in [0.15, 0.2) is 18.3 Å². The second-order valence-corrected chi connectivity index (χ2v) is 4.23. The average Bonchev–Trinajstić information content (AvgIpc) is 2.77. The zero-order chi connectivity index (χ0) is 11.5. The summed E-state index contributed by atoms with van der Waals surface area (Å²) in [4.78, 5) is 17.9. The minimum atomic E-state index is -0.0638. The van der Waals surface area contributed by atoms with Gasteiger partial charge in [-0.3, -0.25) is 4.79 Å². The summed E-state index contributed by atoms with van der Waals surface area (Å²) in [7, 11) is 0. The van der Waals surface area contributed by atoms with Crippen molar-refractivity contribution in [3.05, 3.63) is 29.0 Å². The molecule has 2 heterocycles. The number of hydrogen-bond acceptors (Lipinski definition) is 3. The standard InChI is InChI=1S/C11H14ClN3O/c12-10-9(4-1-5-14-10)11(16)15-6-2-3-8(15)7-13/h1,4-5,8H,2-3,6-7,13H2/t8-/m1/s1. The smallest absolute Gasteiger partial charge is 0.257 e. The fourth-order valence-electron chi connectivity index (χ4n) is 2.05. The number of pyridine rings is 1. The van der Waals surface area contributed by atoms with Crippen LogP contribution in [0.4, 0.5) is 0 Å². The molecular formula is C11H14ClN3O. The Morgan fingerprint density at radius 2 is 2.50 bits per heavy atom. The number of carbonyl (C=O) groups is 1. The van der Waals surface area contributed by atoms with Gasteiger partial charge in [-0.15, -0.1) is 0 Å². The maximum atomic E-state index is 12.2. The zero-order valence-electron chi connectivity index (χ0n) is 8.90. The summed E-state index contributed by atoms with van der Waals surface area (Å²) in [5.41, 5.74) is 6.10. The van der Waals surface area contributed by atoms with Crippen molar-refractivity contribution in [1.82, 2.24) is 9.88 Å². The van der Waals surface area contributed by atoms with Crippen molar-refractivity contribution >= 4 is 17.5 Å². The van der Waals surface area contributed by atoms with Gasteiger partial charge in [0.15, 0.2) is 0 Å². The van der Waals surface area contributed by atoms with E-state index in [-0.39, 0.29) is 17.1 Å². The highest BCUT2D eigenvalue weighted by atomic mass is 35.5. The summed E-state index contributed by atoms with van der Waals surface area (Å²) in [6.45, 7) is 1.26. The molecule has 0 aromatic carbocycles. The summed E-state index contributed by atoms with van der Waals surface area (Å²) in [6.07, 6.45) is 3.55. The summed E-state index contributed by atoms with van der Waals surface area (Å²) in [5, 5.41) is 0.259. The number of nitrogens with zero attached hydrogens (tertiary/aromatic N) is 2. The second kappa shape index (κ2) is 4.80. The van der Waals surface area contributed by atoms with Crippen molar-refractivity contribution in [2.45, 2.75) is 18.9 Å². The van der Waals surface area contributed by atoms with Crippen LogP contribution < -0.4 is 5.73 Å². The number of hydrogen-bond donors (Lipinski definition) is 1. The van der Waals surface area contributed by atoms with Crippen LogP contribution in [-0.2, 0) is 0 Å². The fraction of sp³-hybridized carbons (Fsp3) is 0.455. The molecular weight excluding hydrogens is 226 g/mol. The molecule has 1 fully saturated rings.